The normalized spacial score (nSPS) is 8.83. The van der Waals surface area contributed by atoms with E-state index in [4.69, 9.17) is 0 Å². The van der Waals surface area contributed by atoms with Gasteiger partial charge in [-0.3, -0.25) is 0 Å². The van der Waals surface area contributed by atoms with Crippen LogP contribution in [0.25, 0.3) is 0 Å². The molecule has 0 saturated carbocycles. The third-order valence-electron chi connectivity index (χ3n) is 0.309. The van der Waals surface area contributed by atoms with Gasteiger partial charge in [-0.1, -0.05) is 6.58 Å². The molecule has 2 heteroatoms. The van der Waals surface area contributed by atoms with Crippen LogP contribution in [0.3, 0.4) is 0 Å². The summed E-state index contributed by atoms with van der Waals surface area (Å²) >= 11 is 0. The van der Waals surface area contributed by atoms with Crippen LogP contribution in [0.1, 0.15) is 0 Å². The summed E-state index contributed by atoms with van der Waals surface area (Å²) < 4.78 is 0. The second-order valence-electron chi connectivity index (χ2n) is 0.749. The van der Waals surface area contributed by atoms with Crippen LogP contribution in [-0.2, 0) is 0 Å². The molecule has 2 nitrogen and oxygen atoms in total. The van der Waals surface area contributed by atoms with E-state index in [2.05, 4.69) is 16.9 Å². The van der Waals surface area contributed by atoms with E-state index >= 15 is 0 Å². The van der Waals surface area contributed by atoms with Gasteiger partial charge in [0.2, 0.25) is 0 Å². The van der Waals surface area contributed by atoms with Gasteiger partial charge in [0.15, 0.2) is 0 Å². The van der Waals surface area contributed by atoms with E-state index in [1.54, 1.807) is 13.4 Å². The van der Waals surface area contributed by atoms with Gasteiger partial charge in [-0.2, -0.15) is 0 Å². The lowest BCUT2D eigenvalue weighted by molar-refractivity contribution is 1.21. The number of hydrogen-bond acceptors (Lipinski definition) is 1. The van der Waals surface area contributed by atoms with Crippen LogP contribution in [0.2, 0.25) is 0 Å². The second-order valence-corrected chi connectivity index (χ2v) is 0.749. The molecule has 0 aliphatic heterocycles. The summed E-state index contributed by atoms with van der Waals surface area (Å²) in [6.45, 7) is 3.36. The zero-order valence-electron chi connectivity index (χ0n) is 3.81. The van der Waals surface area contributed by atoms with E-state index in [-0.39, 0.29) is 0 Å². The van der Waals surface area contributed by atoms with Crippen molar-refractivity contribution >= 4 is 6.34 Å². The molecule has 0 aromatic heterocycles. The van der Waals surface area contributed by atoms with Crippen LogP contribution in [-0.4, -0.2) is 13.4 Å². The number of nitrogens with one attached hydrogen (secondary N) is 1. The van der Waals surface area contributed by atoms with Crippen molar-refractivity contribution in [2.24, 2.45) is 4.99 Å². The maximum atomic E-state index is 3.62. The second kappa shape index (κ2) is 4.21. The first kappa shape index (κ1) is 5.21. The van der Waals surface area contributed by atoms with Crippen LogP contribution in [0, 0.1) is 0 Å². The Morgan fingerprint density at radius 3 is 2.67 bits per heavy atom. The van der Waals surface area contributed by atoms with E-state index in [0.717, 1.165) is 0 Å². The first-order valence-corrected chi connectivity index (χ1v) is 1.71. The third-order valence-corrected chi connectivity index (χ3v) is 0.309. The fourth-order valence-corrected chi connectivity index (χ4v) is 0.127. The number of rotatable bonds is 2. The summed E-state index contributed by atoms with van der Waals surface area (Å²) in [7, 11) is 1.78. The molecule has 0 aromatic carbocycles. The quantitative estimate of drug-likeness (QED) is 0.379. The number of hydrogen-bond donors (Lipinski definition) is 1. The molecule has 0 radical (unpaired) electrons. The van der Waals surface area contributed by atoms with E-state index in [1.807, 2.05) is 0 Å². The van der Waals surface area contributed by atoms with Crippen molar-refractivity contribution in [2.45, 2.75) is 0 Å². The highest BCUT2D eigenvalue weighted by molar-refractivity contribution is 5.54. The number of aliphatic imine (C=N–C) groups is 1. The average Bonchev–Trinajstić information content (AvgIpc) is 1.61. The monoisotopic (exact) mass is 84.1 g/mol. The summed E-state index contributed by atoms with van der Waals surface area (Å²) in [4.78, 5) is 3.62. The van der Waals surface area contributed by atoms with E-state index in [0.29, 0.717) is 0 Å². The molecule has 0 aliphatic rings. The molecule has 0 bridgehead atoms. The largest absolute Gasteiger partial charge is 0.379 e. The average molecular weight is 84.1 g/mol. The van der Waals surface area contributed by atoms with Gasteiger partial charge in [-0.05, 0) is 0 Å². The Hall–Kier alpha value is -0.790. The maximum Gasteiger partial charge on any atom is 0.0876 e. The van der Waals surface area contributed by atoms with E-state index < -0.39 is 0 Å². The molecule has 0 rings (SSSR count). The highest BCUT2D eigenvalue weighted by Crippen LogP contribution is 1.55. The van der Waals surface area contributed by atoms with Crippen LogP contribution in [0.4, 0.5) is 0 Å². The van der Waals surface area contributed by atoms with Crippen molar-refractivity contribution < 1.29 is 0 Å². The first-order valence-electron chi connectivity index (χ1n) is 1.71. The Balaban J connectivity index is 2.94. The van der Waals surface area contributed by atoms with Crippen molar-refractivity contribution in [3.63, 3.8) is 0 Å². The van der Waals surface area contributed by atoms with Crippen molar-refractivity contribution in [2.75, 3.05) is 7.05 Å². The fourth-order valence-electron chi connectivity index (χ4n) is 0.127. The van der Waals surface area contributed by atoms with Gasteiger partial charge in [0, 0.05) is 13.2 Å². The lowest BCUT2D eigenvalue weighted by Crippen LogP contribution is -1.98. The highest BCUT2D eigenvalue weighted by atomic mass is 14.9. The summed E-state index contributed by atoms with van der Waals surface area (Å²) in [5, 5.41) is 2.71. The molecule has 0 unspecified atom stereocenters. The summed E-state index contributed by atoms with van der Waals surface area (Å²) in [6.07, 6.45) is 3.03. The Kier molecular flexibility index (Phi) is 3.66. The Morgan fingerprint density at radius 1 is 1.83 bits per heavy atom. The maximum absolute atomic E-state index is 3.62. The molecule has 0 aromatic rings. The molecule has 0 atom stereocenters. The van der Waals surface area contributed by atoms with Gasteiger partial charge in [-0.25, -0.2) is 4.99 Å². The van der Waals surface area contributed by atoms with Crippen molar-refractivity contribution in [1.82, 2.24) is 5.32 Å². The highest BCUT2D eigenvalue weighted by Gasteiger charge is 1.50. The van der Waals surface area contributed by atoms with Crippen LogP contribution >= 0.6 is 0 Å². The molecule has 1 N–H and O–H groups in total. The predicted octanol–water partition coefficient (Wildman–Crippen LogP) is 0.378. The smallest absolute Gasteiger partial charge is 0.0876 e. The first-order chi connectivity index (χ1) is 2.91. The van der Waals surface area contributed by atoms with Gasteiger partial charge in [0.1, 0.15) is 0 Å². The molecule has 0 saturated heterocycles. The fraction of sp³-hybridized carbons (Fsp3) is 0.250. The Labute approximate surface area is 37.6 Å². The summed E-state index contributed by atoms with van der Waals surface area (Å²) in [6, 6.07) is 0. The summed E-state index contributed by atoms with van der Waals surface area (Å²) in [5.74, 6) is 0. The number of nitrogens with zero attached hydrogens (tertiary/aromatic N) is 1. The molecular formula is C4H8N2. The van der Waals surface area contributed by atoms with Gasteiger partial charge < -0.3 is 5.32 Å². The van der Waals surface area contributed by atoms with Crippen molar-refractivity contribution in [1.29, 1.82) is 0 Å². The predicted molar refractivity (Wildman–Crippen MR) is 27.7 cm³/mol. The lowest BCUT2D eigenvalue weighted by Gasteiger charge is -1.75. The van der Waals surface area contributed by atoms with Crippen LogP contribution < -0.4 is 5.32 Å². The molecule has 0 amide bonds. The topological polar surface area (TPSA) is 24.4 Å². The Morgan fingerprint density at radius 2 is 2.50 bits per heavy atom. The zero-order chi connectivity index (χ0) is 4.83. The minimum absolute atomic E-state index is 1.47. The van der Waals surface area contributed by atoms with Crippen molar-refractivity contribution in [3.05, 3.63) is 12.8 Å². The molecule has 0 spiro atoms. The molecule has 6 heavy (non-hydrogen) atoms. The van der Waals surface area contributed by atoms with Gasteiger partial charge in [0.05, 0.1) is 6.34 Å². The minimum atomic E-state index is 1.47. The SMILES string of the molecule is C=C/N=C\NC. The minimum Gasteiger partial charge on any atom is -0.379 e. The van der Waals surface area contributed by atoms with E-state index in [1.165, 1.54) is 6.20 Å². The Bertz CT molecular complexity index is 56.6. The van der Waals surface area contributed by atoms with Crippen LogP contribution in [0.5, 0.6) is 0 Å². The molecule has 0 fully saturated rings. The van der Waals surface area contributed by atoms with Gasteiger partial charge in [-0.15, -0.1) is 0 Å². The van der Waals surface area contributed by atoms with Gasteiger partial charge >= 0.3 is 0 Å². The zero-order valence-corrected chi connectivity index (χ0v) is 3.81. The van der Waals surface area contributed by atoms with Gasteiger partial charge in [0.25, 0.3) is 0 Å². The molecular weight excluding hydrogens is 76.1 g/mol. The van der Waals surface area contributed by atoms with E-state index in [9.17, 15) is 0 Å². The molecule has 0 heterocycles. The lowest BCUT2D eigenvalue weighted by atomic mass is 11.0. The summed E-state index contributed by atoms with van der Waals surface area (Å²) in [5.41, 5.74) is 0. The van der Waals surface area contributed by atoms with Crippen LogP contribution in [0.15, 0.2) is 17.8 Å². The third kappa shape index (κ3) is 3.21. The standard InChI is InChI=1S/C4H8N2/c1-3-6-4-5-2/h3-4H,1H2,2H3,(H,5,6). The molecule has 0 aliphatic carbocycles. The van der Waals surface area contributed by atoms with Crippen molar-refractivity contribution in [3.8, 4) is 0 Å². The molecule has 34 valence electrons.